The summed E-state index contributed by atoms with van der Waals surface area (Å²) in [5.41, 5.74) is 6.22. The molecule has 1 amide bonds. The first-order chi connectivity index (χ1) is 7.11. The van der Waals surface area contributed by atoms with Gasteiger partial charge in [0.15, 0.2) is 5.13 Å². The number of aromatic nitrogens is 1. The van der Waals surface area contributed by atoms with Crippen LogP contribution in [0.3, 0.4) is 0 Å². The van der Waals surface area contributed by atoms with Crippen molar-refractivity contribution in [3.63, 3.8) is 0 Å². The Labute approximate surface area is 97.7 Å². The lowest BCUT2D eigenvalue weighted by molar-refractivity contribution is -0.120. The minimum atomic E-state index is 0.00171. The van der Waals surface area contributed by atoms with E-state index < -0.39 is 0 Å². The van der Waals surface area contributed by atoms with Gasteiger partial charge in [0, 0.05) is 17.2 Å². The third kappa shape index (κ3) is 4.53. The summed E-state index contributed by atoms with van der Waals surface area (Å²) in [6.07, 6.45) is 2.33. The van der Waals surface area contributed by atoms with Crippen molar-refractivity contribution in [3.8, 4) is 0 Å². The lowest BCUT2D eigenvalue weighted by Gasteiger charge is -2.11. The average Bonchev–Trinajstić information content (AvgIpc) is 2.51. The van der Waals surface area contributed by atoms with Gasteiger partial charge < -0.3 is 11.1 Å². The molecular weight excluding hydrogens is 230 g/mol. The van der Waals surface area contributed by atoms with Crippen molar-refractivity contribution in [1.29, 1.82) is 0 Å². The van der Waals surface area contributed by atoms with Crippen molar-refractivity contribution in [2.75, 3.05) is 17.7 Å². The molecule has 6 heteroatoms. The van der Waals surface area contributed by atoms with Crippen molar-refractivity contribution in [2.45, 2.75) is 19.4 Å². The van der Waals surface area contributed by atoms with Crippen LogP contribution in [0.25, 0.3) is 0 Å². The zero-order valence-corrected chi connectivity index (χ0v) is 10.5. The van der Waals surface area contributed by atoms with Crippen LogP contribution in [0.1, 0.15) is 12.6 Å². The molecule has 1 aromatic heterocycles. The molecule has 0 fully saturated rings. The van der Waals surface area contributed by atoms with E-state index in [2.05, 4.69) is 10.3 Å². The molecule has 0 bridgehead atoms. The van der Waals surface area contributed by atoms with Gasteiger partial charge in [-0.15, -0.1) is 11.3 Å². The number of amides is 1. The molecule has 0 saturated carbocycles. The Morgan fingerprint density at radius 1 is 1.80 bits per heavy atom. The van der Waals surface area contributed by atoms with Gasteiger partial charge in [0.1, 0.15) is 0 Å². The molecule has 0 aromatic carbocycles. The Morgan fingerprint density at radius 3 is 3.07 bits per heavy atom. The van der Waals surface area contributed by atoms with Gasteiger partial charge in [-0.1, -0.05) is 0 Å². The molecule has 0 aliphatic rings. The Bertz CT molecular complexity index is 327. The van der Waals surface area contributed by atoms with Crippen molar-refractivity contribution < 1.29 is 4.79 Å². The Morgan fingerprint density at radius 2 is 2.53 bits per heavy atom. The molecule has 1 atom stereocenters. The molecule has 1 unspecified atom stereocenters. The molecule has 84 valence electrons. The monoisotopic (exact) mass is 245 g/mol. The largest absolute Gasteiger partial charge is 0.375 e. The standard InChI is InChI=1S/C9H15N3OS2/c1-6(4-14-2)11-8(13)3-7-5-15-9(10)12-7/h5-6H,3-4H2,1-2H3,(H2,10,12)(H,11,13). The van der Waals surface area contributed by atoms with Crippen LogP contribution in [0.15, 0.2) is 5.38 Å². The lowest BCUT2D eigenvalue weighted by atomic mass is 10.3. The summed E-state index contributed by atoms with van der Waals surface area (Å²) < 4.78 is 0. The maximum atomic E-state index is 11.5. The third-order valence-corrected chi connectivity index (χ3v) is 3.29. The molecule has 1 heterocycles. The van der Waals surface area contributed by atoms with Crippen molar-refractivity contribution in [2.24, 2.45) is 0 Å². The number of carbonyl (C=O) groups is 1. The molecule has 0 aliphatic carbocycles. The van der Waals surface area contributed by atoms with E-state index in [1.165, 1.54) is 11.3 Å². The van der Waals surface area contributed by atoms with Crippen LogP contribution in [0.5, 0.6) is 0 Å². The van der Waals surface area contributed by atoms with Gasteiger partial charge in [-0.3, -0.25) is 4.79 Å². The summed E-state index contributed by atoms with van der Waals surface area (Å²) in [4.78, 5) is 15.5. The molecule has 0 saturated heterocycles. The molecule has 0 aliphatic heterocycles. The van der Waals surface area contributed by atoms with Gasteiger partial charge in [0.25, 0.3) is 0 Å². The summed E-state index contributed by atoms with van der Waals surface area (Å²) in [7, 11) is 0. The van der Waals surface area contributed by atoms with Crippen LogP contribution in [0, 0.1) is 0 Å². The first-order valence-electron chi connectivity index (χ1n) is 4.60. The van der Waals surface area contributed by atoms with E-state index in [-0.39, 0.29) is 11.9 Å². The van der Waals surface area contributed by atoms with Gasteiger partial charge >= 0.3 is 0 Å². The first kappa shape index (κ1) is 12.3. The second-order valence-electron chi connectivity index (χ2n) is 3.28. The molecule has 1 rings (SSSR count). The molecular formula is C9H15N3OS2. The quantitative estimate of drug-likeness (QED) is 0.816. The van der Waals surface area contributed by atoms with Crippen LogP contribution in [0.4, 0.5) is 5.13 Å². The number of rotatable bonds is 5. The van der Waals surface area contributed by atoms with Gasteiger partial charge in [-0.05, 0) is 13.2 Å². The van der Waals surface area contributed by atoms with E-state index in [0.717, 1.165) is 11.4 Å². The highest BCUT2D eigenvalue weighted by molar-refractivity contribution is 7.98. The first-order valence-corrected chi connectivity index (χ1v) is 6.87. The number of carbonyl (C=O) groups excluding carboxylic acids is 1. The normalized spacial score (nSPS) is 12.4. The maximum absolute atomic E-state index is 11.5. The molecule has 3 N–H and O–H groups in total. The number of nitrogen functional groups attached to an aromatic ring is 1. The summed E-state index contributed by atoms with van der Waals surface area (Å²) in [5.74, 6) is 0.923. The van der Waals surface area contributed by atoms with Crippen LogP contribution < -0.4 is 11.1 Å². The highest BCUT2D eigenvalue weighted by atomic mass is 32.2. The number of nitrogens with two attached hydrogens (primary N) is 1. The fourth-order valence-corrected chi connectivity index (χ4v) is 2.33. The fraction of sp³-hybridized carbons (Fsp3) is 0.556. The van der Waals surface area contributed by atoms with Gasteiger partial charge in [0.2, 0.25) is 5.91 Å². The Balaban J connectivity index is 2.36. The Hall–Kier alpha value is -0.750. The zero-order valence-electron chi connectivity index (χ0n) is 8.82. The van der Waals surface area contributed by atoms with E-state index in [1.807, 2.05) is 18.6 Å². The number of thiazole rings is 1. The predicted molar refractivity (Wildman–Crippen MR) is 66.2 cm³/mol. The highest BCUT2D eigenvalue weighted by Gasteiger charge is 2.09. The minimum Gasteiger partial charge on any atom is -0.375 e. The van der Waals surface area contributed by atoms with Crippen LogP contribution in [-0.4, -0.2) is 28.9 Å². The van der Waals surface area contributed by atoms with E-state index in [4.69, 9.17) is 5.73 Å². The number of hydrogen-bond donors (Lipinski definition) is 2. The summed E-state index contributed by atoms with van der Waals surface area (Å²) >= 11 is 3.07. The van der Waals surface area contributed by atoms with E-state index in [9.17, 15) is 4.79 Å². The van der Waals surface area contributed by atoms with Crippen molar-refractivity contribution >= 4 is 34.1 Å². The van der Waals surface area contributed by atoms with Crippen LogP contribution in [0.2, 0.25) is 0 Å². The molecule has 4 nitrogen and oxygen atoms in total. The van der Waals surface area contributed by atoms with Gasteiger partial charge in [0.05, 0.1) is 12.1 Å². The molecule has 1 aromatic rings. The van der Waals surface area contributed by atoms with Crippen LogP contribution in [-0.2, 0) is 11.2 Å². The molecule has 15 heavy (non-hydrogen) atoms. The highest BCUT2D eigenvalue weighted by Crippen LogP contribution is 2.11. The van der Waals surface area contributed by atoms with E-state index in [1.54, 1.807) is 11.8 Å². The average molecular weight is 245 g/mol. The summed E-state index contributed by atoms with van der Waals surface area (Å²) in [6.45, 7) is 1.99. The number of thioether (sulfide) groups is 1. The van der Waals surface area contributed by atoms with Crippen LogP contribution >= 0.6 is 23.1 Å². The second-order valence-corrected chi connectivity index (χ2v) is 5.08. The zero-order chi connectivity index (χ0) is 11.3. The van der Waals surface area contributed by atoms with E-state index in [0.29, 0.717) is 11.6 Å². The van der Waals surface area contributed by atoms with Crippen molar-refractivity contribution in [3.05, 3.63) is 11.1 Å². The van der Waals surface area contributed by atoms with Gasteiger partial charge in [-0.25, -0.2) is 4.98 Å². The SMILES string of the molecule is CSCC(C)NC(=O)Cc1csc(N)n1. The topological polar surface area (TPSA) is 68.0 Å². The number of nitrogens with zero attached hydrogens (tertiary/aromatic N) is 1. The fourth-order valence-electron chi connectivity index (χ4n) is 1.19. The lowest BCUT2D eigenvalue weighted by Crippen LogP contribution is -2.35. The molecule has 0 radical (unpaired) electrons. The number of nitrogens with one attached hydrogen (secondary N) is 1. The number of anilines is 1. The van der Waals surface area contributed by atoms with E-state index >= 15 is 0 Å². The predicted octanol–water partition coefficient (Wildman–Crippen LogP) is 1.14. The molecule has 0 spiro atoms. The minimum absolute atomic E-state index is 0.00171. The second kappa shape index (κ2) is 5.97. The maximum Gasteiger partial charge on any atom is 0.226 e. The summed E-state index contributed by atoms with van der Waals surface area (Å²) in [5, 5.41) is 5.23. The van der Waals surface area contributed by atoms with Gasteiger partial charge in [-0.2, -0.15) is 11.8 Å². The third-order valence-electron chi connectivity index (χ3n) is 1.74. The summed E-state index contributed by atoms with van der Waals surface area (Å²) in [6, 6.07) is 0.198. The Kier molecular flexibility index (Phi) is 4.90. The smallest absolute Gasteiger partial charge is 0.226 e. The number of hydrogen-bond acceptors (Lipinski definition) is 5. The van der Waals surface area contributed by atoms with Crippen molar-refractivity contribution in [1.82, 2.24) is 10.3 Å².